The van der Waals surface area contributed by atoms with Gasteiger partial charge in [0, 0.05) is 32.4 Å². The Balaban J connectivity index is 1.26. The number of ether oxygens (including phenoxy) is 1. The van der Waals surface area contributed by atoms with Crippen molar-refractivity contribution in [1.82, 2.24) is 14.6 Å². The molecule has 0 unspecified atom stereocenters. The molecule has 45 heavy (non-hydrogen) atoms. The number of fused-ring (bicyclic) bond motifs is 1. The van der Waals surface area contributed by atoms with Crippen molar-refractivity contribution in [3.63, 3.8) is 0 Å². The van der Waals surface area contributed by atoms with Gasteiger partial charge in [-0.2, -0.15) is 0 Å². The topological polar surface area (TPSA) is 59.4 Å². The number of rotatable bonds is 20. The quantitative estimate of drug-likeness (QED) is 0.0763. The summed E-state index contributed by atoms with van der Waals surface area (Å²) in [6.07, 6.45) is 20.9. The lowest BCUT2D eigenvalue weighted by molar-refractivity contribution is 0.0500. The minimum atomic E-state index is -0.394. The Morgan fingerprint density at radius 3 is 1.91 bits per heavy atom. The van der Waals surface area contributed by atoms with Crippen LogP contribution >= 0.6 is 23.2 Å². The molecule has 0 radical (unpaired) electrons. The Hall–Kier alpha value is -2.76. The smallest absolute Gasteiger partial charge is 0.342 e. The van der Waals surface area contributed by atoms with E-state index in [4.69, 9.17) is 32.9 Å². The van der Waals surface area contributed by atoms with Crippen molar-refractivity contribution in [2.75, 3.05) is 6.61 Å². The van der Waals surface area contributed by atoms with Crippen molar-refractivity contribution in [2.24, 2.45) is 0 Å². The number of halogens is 2. The van der Waals surface area contributed by atoms with Gasteiger partial charge in [0.15, 0.2) is 11.5 Å². The maximum absolute atomic E-state index is 13.6. The number of carbonyl (C=O) groups excluding carboxylic acids is 1. The highest BCUT2D eigenvalue weighted by Gasteiger charge is 2.28. The fourth-order valence-corrected chi connectivity index (χ4v) is 6.48. The van der Waals surface area contributed by atoms with Gasteiger partial charge in [-0.25, -0.2) is 14.3 Å². The number of aryl methyl sites for hydroxylation is 2. The van der Waals surface area contributed by atoms with Crippen LogP contribution in [-0.2, 0) is 4.74 Å². The molecule has 0 fully saturated rings. The van der Waals surface area contributed by atoms with Crippen molar-refractivity contribution in [3.8, 4) is 22.5 Å². The number of nitrogens with zero attached hydrogens (tertiary/aromatic N) is 2. The first-order chi connectivity index (χ1) is 21.9. The molecule has 4 aromatic rings. The van der Waals surface area contributed by atoms with E-state index < -0.39 is 5.97 Å². The van der Waals surface area contributed by atoms with Gasteiger partial charge in [0.2, 0.25) is 0 Å². The summed E-state index contributed by atoms with van der Waals surface area (Å²) in [7, 11) is 0. The number of hydrogen-bond acceptors (Lipinski definition) is 3. The van der Waals surface area contributed by atoms with Gasteiger partial charge >= 0.3 is 5.97 Å². The number of benzene rings is 2. The van der Waals surface area contributed by atoms with E-state index in [1.807, 2.05) is 35.7 Å². The summed E-state index contributed by atoms with van der Waals surface area (Å²) in [5, 5.41) is 4.43. The predicted molar refractivity (Wildman–Crippen MR) is 190 cm³/mol. The first-order valence-electron chi connectivity index (χ1n) is 17.2. The lowest BCUT2D eigenvalue weighted by atomic mass is 10.0. The van der Waals surface area contributed by atoms with Gasteiger partial charge in [0.05, 0.1) is 6.61 Å². The van der Waals surface area contributed by atoms with Crippen molar-refractivity contribution >= 4 is 34.8 Å². The molecule has 0 atom stereocenters. The number of carbonyl (C=O) groups is 1. The lowest BCUT2D eigenvalue weighted by Gasteiger charge is -2.10. The lowest BCUT2D eigenvalue weighted by Crippen LogP contribution is -2.08. The Morgan fingerprint density at radius 2 is 1.33 bits per heavy atom. The Labute approximate surface area is 280 Å². The second-order valence-electron chi connectivity index (χ2n) is 12.5. The third-order valence-electron chi connectivity index (χ3n) is 8.78. The van der Waals surface area contributed by atoms with E-state index in [1.165, 1.54) is 95.5 Å². The van der Waals surface area contributed by atoms with Crippen LogP contribution in [0.1, 0.15) is 131 Å². The first kappa shape index (κ1) is 35.1. The van der Waals surface area contributed by atoms with Gasteiger partial charge in [-0.15, -0.1) is 0 Å². The van der Waals surface area contributed by atoms with Crippen LogP contribution in [0.3, 0.4) is 0 Å². The van der Waals surface area contributed by atoms with E-state index in [1.54, 1.807) is 18.2 Å². The summed E-state index contributed by atoms with van der Waals surface area (Å²) < 4.78 is 7.69. The largest absolute Gasteiger partial charge is 0.462 e. The third-order valence-corrected chi connectivity index (χ3v) is 9.34. The van der Waals surface area contributed by atoms with Crippen molar-refractivity contribution in [3.05, 3.63) is 69.3 Å². The number of aromatic amines is 1. The van der Waals surface area contributed by atoms with Crippen LogP contribution in [0.4, 0.5) is 0 Å². The van der Waals surface area contributed by atoms with Gasteiger partial charge < -0.3 is 4.74 Å². The fraction of sp³-hybridized carbons (Fsp3) is 0.526. The fourth-order valence-electron chi connectivity index (χ4n) is 6.09. The summed E-state index contributed by atoms with van der Waals surface area (Å²) >= 11 is 13.0. The zero-order chi connectivity index (χ0) is 32.0. The number of hydrogen-bond donors (Lipinski definition) is 1. The van der Waals surface area contributed by atoms with Gasteiger partial charge in [0.1, 0.15) is 5.56 Å². The van der Waals surface area contributed by atoms with Gasteiger partial charge in [-0.05, 0) is 38.5 Å². The van der Waals surface area contributed by atoms with Gasteiger partial charge in [-0.3, -0.25) is 5.10 Å². The number of H-pyrrole nitrogens is 1. The molecule has 1 N–H and O–H groups in total. The summed E-state index contributed by atoms with van der Waals surface area (Å²) in [4.78, 5) is 18.5. The molecule has 2 aromatic heterocycles. The molecule has 7 heteroatoms. The van der Waals surface area contributed by atoms with E-state index >= 15 is 0 Å². The Kier molecular flexibility index (Phi) is 14.4. The third kappa shape index (κ3) is 10.1. The van der Waals surface area contributed by atoms with Crippen molar-refractivity contribution in [1.29, 1.82) is 0 Å². The Bertz CT molecular complexity index is 1490. The molecular formula is C38H51Cl2N3O2. The second kappa shape index (κ2) is 18.4. The highest BCUT2D eigenvalue weighted by atomic mass is 35.5. The zero-order valence-corrected chi connectivity index (χ0v) is 29.0. The molecule has 0 aliphatic rings. The number of unbranched alkanes of at least 4 members (excludes halogenated alkanes) is 15. The molecule has 244 valence electrons. The zero-order valence-electron chi connectivity index (χ0n) is 27.5. The summed E-state index contributed by atoms with van der Waals surface area (Å²) in [5.74, 6) is 0.290. The number of nitrogens with one attached hydrogen (secondary N) is 1. The molecule has 0 spiro atoms. The Morgan fingerprint density at radius 1 is 0.778 bits per heavy atom. The normalized spacial score (nSPS) is 11.5. The molecule has 0 aliphatic carbocycles. The molecule has 0 aliphatic heterocycles. The second-order valence-corrected chi connectivity index (χ2v) is 13.3. The molecule has 2 aromatic carbocycles. The van der Waals surface area contributed by atoms with Gasteiger partial charge in [-0.1, -0.05) is 156 Å². The number of aromatic nitrogens is 3. The molecule has 2 heterocycles. The van der Waals surface area contributed by atoms with E-state index in [-0.39, 0.29) is 0 Å². The average molecular weight is 653 g/mol. The minimum Gasteiger partial charge on any atom is -0.462 e. The maximum atomic E-state index is 13.6. The van der Waals surface area contributed by atoms with Crippen LogP contribution in [0.5, 0.6) is 0 Å². The summed E-state index contributed by atoms with van der Waals surface area (Å²) in [6, 6.07) is 13.4. The monoisotopic (exact) mass is 651 g/mol. The SMILES string of the molecule is CCCCCCCCCCCCCCCCCCOC(=O)c1c(-c2cc(Cl)ccc2Cl)c(C)n2[nH]c(-c3ccc(C)cc3)nc12. The summed E-state index contributed by atoms with van der Waals surface area (Å²) in [6.45, 7) is 6.66. The number of esters is 1. The standard InChI is InChI=1S/C38H51Cl2N3O2/c1-4-5-6-7-8-9-10-11-12-13-14-15-16-17-18-19-26-45-38(44)35-34(32-27-31(39)24-25-33(32)40)29(3)43-37(35)41-36(42-43)30-22-20-28(2)21-23-30/h20-25,27H,4-19,26H2,1-3H3,(H,41,42). The van der Waals surface area contributed by atoms with Crippen LogP contribution < -0.4 is 0 Å². The van der Waals surface area contributed by atoms with E-state index in [0.717, 1.165) is 24.1 Å². The molecule has 0 saturated heterocycles. The van der Waals surface area contributed by atoms with Crippen molar-refractivity contribution < 1.29 is 9.53 Å². The average Bonchev–Trinajstić information content (AvgIpc) is 3.58. The maximum Gasteiger partial charge on any atom is 0.342 e. The minimum absolute atomic E-state index is 0.381. The van der Waals surface area contributed by atoms with Crippen LogP contribution in [-0.4, -0.2) is 27.2 Å². The van der Waals surface area contributed by atoms with Crippen LogP contribution in [0.25, 0.3) is 28.2 Å². The highest BCUT2D eigenvalue weighted by Crippen LogP contribution is 2.39. The van der Waals surface area contributed by atoms with Crippen molar-refractivity contribution in [2.45, 2.75) is 124 Å². The molecule has 5 nitrogen and oxygen atoms in total. The van der Waals surface area contributed by atoms with E-state index in [2.05, 4.69) is 18.9 Å². The molecule has 4 rings (SSSR count). The van der Waals surface area contributed by atoms with E-state index in [9.17, 15) is 4.79 Å². The first-order valence-corrected chi connectivity index (χ1v) is 18.0. The predicted octanol–water partition coefficient (Wildman–Crippen LogP) is 12.3. The highest BCUT2D eigenvalue weighted by molar-refractivity contribution is 6.35. The molecule has 0 saturated carbocycles. The molecule has 0 bridgehead atoms. The van der Waals surface area contributed by atoms with Crippen LogP contribution in [0.2, 0.25) is 10.0 Å². The van der Waals surface area contributed by atoms with Crippen LogP contribution in [0.15, 0.2) is 42.5 Å². The van der Waals surface area contributed by atoms with E-state index in [0.29, 0.717) is 44.8 Å². The van der Waals surface area contributed by atoms with Gasteiger partial charge in [0.25, 0.3) is 0 Å². The summed E-state index contributed by atoms with van der Waals surface area (Å²) in [5.41, 5.74) is 5.23. The molecular weight excluding hydrogens is 601 g/mol. The van der Waals surface area contributed by atoms with Crippen LogP contribution in [0, 0.1) is 13.8 Å². The molecule has 0 amide bonds.